The molecule has 1 aromatic carbocycles. The first-order valence-electron chi connectivity index (χ1n) is 4.44. The number of benzene rings is 1. The third-order valence-corrected chi connectivity index (χ3v) is 2.79. The van der Waals surface area contributed by atoms with Crippen LogP contribution in [0.1, 0.15) is 5.56 Å². The van der Waals surface area contributed by atoms with Crippen LogP contribution in [0.15, 0.2) is 22.7 Å². The Hall–Kier alpha value is -0.740. The van der Waals surface area contributed by atoms with Gasteiger partial charge in [0.25, 0.3) is 0 Å². The molecule has 3 nitrogen and oxygen atoms in total. The highest BCUT2D eigenvalue weighted by Gasteiger charge is 2.04. The summed E-state index contributed by atoms with van der Waals surface area (Å²) in [5.74, 6) is -0.0199. The van der Waals surface area contributed by atoms with E-state index in [4.69, 9.17) is 11.6 Å². The number of hydrogen-bond acceptors (Lipinski definition) is 2. The Labute approximate surface area is 102 Å². The number of carbonyl (C=O) groups is 1. The van der Waals surface area contributed by atoms with Crippen molar-refractivity contribution >= 4 is 33.4 Å². The van der Waals surface area contributed by atoms with Crippen LogP contribution in [0.4, 0.5) is 0 Å². The van der Waals surface area contributed by atoms with E-state index in [1.54, 1.807) is 6.07 Å². The molecule has 0 aromatic heterocycles. The second-order valence-electron chi connectivity index (χ2n) is 2.98. The number of alkyl halides is 1. The van der Waals surface area contributed by atoms with Crippen LogP contribution in [0.25, 0.3) is 0 Å². The van der Waals surface area contributed by atoms with E-state index in [0.29, 0.717) is 17.4 Å². The normalized spacial score (nSPS) is 10.0. The first-order valence-corrected chi connectivity index (χ1v) is 5.77. The maximum Gasteiger partial charge on any atom is 0.234 e. The van der Waals surface area contributed by atoms with Gasteiger partial charge in [0.05, 0.1) is 4.47 Å². The van der Waals surface area contributed by atoms with Crippen molar-refractivity contribution in [3.05, 3.63) is 28.2 Å². The Morgan fingerprint density at radius 3 is 2.93 bits per heavy atom. The van der Waals surface area contributed by atoms with E-state index in [-0.39, 0.29) is 17.5 Å². The Bertz CT molecular complexity index is 357. The van der Waals surface area contributed by atoms with Gasteiger partial charge in [-0.2, -0.15) is 0 Å². The van der Waals surface area contributed by atoms with Gasteiger partial charge in [0, 0.05) is 6.54 Å². The van der Waals surface area contributed by atoms with Crippen molar-refractivity contribution in [2.75, 3.05) is 12.4 Å². The molecule has 0 atom stereocenters. The van der Waals surface area contributed by atoms with Crippen LogP contribution in [0, 0.1) is 0 Å². The van der Waals surface area contributed by atoms with Crippen LogP contribution < -0.4 is 5.32 Å². The molecule has 0 spiro atoms. The molecule has 1 amide bonds. The van der Waals surface area contributed by atoms with Gasteiger partial charge in [-0.25, -0.2) is 0 Å². The predicted octanol–water partition coefficient (Wildman–Crippen LogP) is 2.05. The smallest absolute Gasteiger partial charge is 0.234 e. The molecule has 0 aliphatic heterocycles. The summed E-state index contributed by atoms with van der Waals surface area (Å²) in [5, 5.41) is 12.3. The molecule has 1 rings (SSSR count). The third kappa shape index (κ3) is 3.72. The number of aromatic hydroxyl groups is 1. The van der Waals surface area contributed by atoms with Crippen molar-refractivity contribution < 1.29 is 9.90 Å². The largest absolute Gasteiger partial charge is 0.506 e. The minimum absolute atomic E-state index is 0.0372. The topological polar surface area (TPSA) is 49.3 Å². The van der Waals surface area contributed by atoms with Gasteiger partial charge in [0.15, 0.2) is 0 Å². The zero-order chi connectivity index (χ0) is 11.3. The molecule has 0 saturated heterocycles. The van der Waals surface area contributed by atoms with Crippen molar-refractivity contribution in [3.63, 3.8) is 0 Å². The van der Waals surface area contributed by atoms with Crippen LogP contribution in [0.5, 0.6) is 5.75 Å². The number of halogens is 2. The summed E-state index contributed by atoms with van der Waals surface area (Å²) in [7, 11) is 0. The molecule has 2 N–H and O–H groups in total. The molecule has 0 aliphatic rings. The number of hydrogen-bond donors (Lipinski definition) is 2. The SMILES string of the molecule is O=C(CCl)NCCc1cccc(Br)c1O. The standard InChI is InChI=1S/C10H11BrClNO2/c11-8-3-1-2-7(10(8)15)4-5-13-9(14)6-12/h1-3,15H,4-6H2,(H,13,14). The van der Waals surface area contributed by atoms with Crippen molar-refractivity contribution in [2.24, 2.45) is 0 Å². The summed E-state index contributed by atoms with van der Waals surface area (Å²) in [6.45, 7) is 0.468. The minimum Gasteiger partial charge on any atom is -0.506 e. The number of para-hydroxylation sites is 1. The van der Waals surface area contributed by atoms with E-state index in [1.165, 1.54) is 0 Å². The monoisotopic (exact) mass is 291 g/mol. The Morgan fingerprint density at radius 2 is 2.27 bits per heavy atom. The summed E-state index contributed by atoms with van der Waals surface area (Å²) in [4.78, 5) is 10.8. The molecular weight excluding hydrogens is 281 g/mol. The number of rotatable bonds is 4. The highest BCUT2D eigenvalue weighted by molar-refractivity contribution is 9.10. The Morgan fingerprint density at radius 1 is 1.53 bits per heavy atom. The number of amides is 1. The van der Waals surface area contributed by atoms with Crippen molar-refractivity contribution in [2.45, 2.75) is 6.42 Å². The molecule has 0 bridgehead atoms. The van der Waals surface area contributed by atoms with Crippen LogP contribution in [-0.4, -0.2) is 23.4 Å². The van der Waals surface area contributed by atoms with Crippen LogP contribution in [0.2, 0.25) is 0 Å². The first kappa shape index (κ1) is 12.3. The molecule has 15 heavy (non-hydrogen) atoms. The van der Waals surface area contributed by atoms with Gasteiger partial charge >= 0.3 is 0 Å². The maximum atomic E-state index is 10.8. The van der Waals surface area contributed by atoms with Gasteiger partial charge in [-0.05, 0) is 34.0 Å². The number of nitrogens with one attached hydrogen (secondary N) is 1. The van der Waals surface area contributed by atoms with E-state index in [2.05, 4.69) is 21.2 Å². The molecule has 1 aromatic rings. The lowest BCUT2D eigenvalue weighted by Crippen LogP contribution is -2.26. The van der Waals surface area contributed by atoms with Crippen LogP contribution in [-0.2, 0) is 11.2 Å². The Kier molecular flexibility index (Phi) is 4.91. The van der Waals surface area contributed by atoms with E-state index in [9.17, 15) is 9.90 Å². The molecule has 0 heterocycles. The molecule has 0 unspecified atom stereocenters. The fourth-order valence-electron chi connectivity index (χ4n) is 1.15. The average molecular weight is 293 g/mol. The molecule has 0 radical (unpaired) electrons. The molecule has 0 aliphatic carbocycles. The lowest BCUT2D eigenvalue weighted by Gasteiger charge is -2.06. The van der Waals surface area contributed by atoms with E-state index >= 15 is 0 Å². The summed E-state index contributed by atoms with van der Waals surface area (Å²) >= 11 is 8.54. The number of carbonyl (C=O) groups excluding carboxylic acids is 1. The van der Waals surface area contributed by atoms with Crippen molar-refractivity contribution in [3.8, 4) is 5.75 Å². The molecular formula is C10H11BrClNO2. The summed E-state index contributed by atoms with van der Waals surface area (Å²) in [6, 6.07) is 5.41. The van der Waals surface area contributed by atoms with E-state index < -0.39 is 0 Å². The summed E-state index contributed by atoms with van der Waals surface area (Å²) < 4.78 is 0.656. The van der Waals surface area contributed by atoms with Crippen molar-refractivity contribution in [1.29, 1.82) is 0 Å². The van der Waals surface area contributed by atoms with Gasteiger partial charge in [-0.1, -0.05) is 12.1 Å². The second-order valence-corrected chi connectivity index (χ2v) is 4.10. The predicted molar refractivity (Wildman–Crippen MR) is 63.2 cm³/mol. The number of phenolic OH excluding ortho intramolecular Hbond substituents is 1. The average Bonchev–Trinajstić information content (AvgIpc) is 2.24. The fourth-order valence-corrected chi connectivity index (χ4v) is 1.65. The lowest BCUT2D eigenvalue weighted by atomic mass is 10.1. The van der Waals surface area contributed by atoms with Gasteiger partial charge in [0.2, 0.25) is 5.91 Å². The van der Waals surface area contributed by atoms with Gasteiger partial charge < -0.3 is 10.4 Å². The molecule has 82 valence electrons. The third-order valence-electron chi connectivity index (χ3n) is 1.91. The van der Waals surface area contributed by atoms with Crippen molar-refractivity contribution in [1.82, 2.24) is 5.32 Å². The summed E-state index contributed by atoms with van der Waals surface area (Å²) in [6.07, 6.45) is 0.577. The zero-order valence-corrected chi connectivity index (χ0v) is 10.3. The number of phenols is 1. The molecule has 0 saturated carbocycles. The quantitative estimate of drug-likeness (QED) is 0.835. The molecule has 0 fully saturated rings. The summed E-state index contributed by atoms with van der Waals surface area (Å²) in [5.41, 5.74) is 0.791. The molecule has 5 heteroatoms. The fraction of sp³-hybridized carbons (Fsp3) is 0.300. The van der Waals surface area contributed by atoms with E-state index in [1.807, 2.05) is 12.1 Å². The zero-order valence-electron chi connectivity index (χ0n) is 7.96. The second kappa shape index (κ2) is 5.98. The highest BCUT2D eigenvalue weighted by atomic mass is 79.9. The van der Waals surface area contributed by atoms with Gasteiger partial charge in [0.1, 0.15) is 11.6 Å². The van der Waals surface area contributed by atoms with Gasteiger partial charge in [-0.3, -0.25) is 4.79 Å². The minimum atomic E-state index is -0.203. The Balaban J connectivity index is 2.51. The maximum absolute atomic E-state index is 10.8. The van der Waals surface area contributed by atoms with Crippen LogP contribution >= 0.6 is 27.5 Å². The first-order chi connectivity index (χ1) is 7.15. The van der Waals surface area contributed by atoms with Gasteiger partial charge in [-0.15, -0.1) is 11.6 Å². The lowest BCUT2D eigenvalue weighted by molar-refractivity contribution is -0.118. The highest BCUT2D eigenvalue weighted by Crippen LogP contribution is 2.27. The van der Waals surface area contributed by atoms with Crippen LogP contribution in [0.3, 0.4) is 0 Å². The van der Waals surface area contributed by atoms with E-state index in [0.717, 1.165) is 5.56 Å².